The number of nitrogens with one attached hydrogen (secondary N) is 1. The first-order valence-electron chi connectivity index (χ1n) is 6.68. The Morgan fingerprint density at radius 3 is 2.68 bits per heavy atom. The smallest absolute Gasteiger partial charge is 0.228 e. The van der Waals surface area contributed by atoms with Crippen LogP contribution in [0.15, 0.2) is 16.6 Å². The highest BCUT2D eigenvalue weighted by Gasteiger charge is 2.39. The van der Waals surface area contributed by atoms with Gasteiger partial charge in [-0.3, -0.25) is 4.79 Å². The Kier molecular flexibility index (Phi) is 3.90. The van der Waals surface area contributed by atoms with Gasteiger partial charge in [-0.15, -0.1) is 0 Å². The van der Waals surface area contributed by atoms with Gasteiger partial charge in [0.15, 0.2) is 0 Å². The molecule has 1 unspecified atom stereocenters. The summed E-state index contributed by atoms with van der Waals surface area (Å²) in [4.78, 5) is 12.4. The molecule has 1 amide bonds. The first kappa shape index (κ1) is 14.4. The number of rotatable bonds is 2. The lowest BCUT2D eigenvalue weighted by Gasteiger charge is -2.26. The number of nitrogens with two attached hydrogens (primary N) is 1. The third-order valence-corrected chi connectivity index (χ3v) is 4.71. The zero-order valence-corrected chi connectivity index (χ0v) is 13.3. The average molecular weight is 325 g/mol. The van der Waals surface area contributed by atoms with Gasteiger partial charge in [-0.05, 0) is 58.8 Å². The van der Waals surface area contributed by atoms with Crippen molar-refractivity contribution in [2.75, 3.05) is 11.1 Å². The van der Waals surface area contributed by atoms with Crippen molar-refractivity contribution in [1.29, 1.82) is 0 Å². The van der Waals surface area contributed by atoms with Crippen LogP contribution < -0.4 is 11.1 Å². The number of amides is 1. The second-order valence-corrected chi connectivity index (χ2v) is 6.99. The van der Waals surface area contributed by atoms with Crippen LogP contribution in [0.1, 0.15) is 38.7 Å². The van der Waals surface area contributed by atoms with Crippen molar-refractivity contribution < 1.29 is 4.79 Å². The highest BCUT2D eigenvalue weighted by atomic mass is 79.9. The first-order chi connectivity index (χ1) is 8.81. The quantitative estimate of drug-likeness (QED) is 0.804. The van der Waals surface area contributed by atoms with Gasteiger partial charge in [0.25, 0.3) is 0 Å². The fourth-order valence-corrected chi connectivity index (χ4v) is 3.61. The van der Waals surface area contributed by atoms with E-state index in [1.807, 2.05) is 19.1 Å². The van der Waals surface area contributed by atoms with Gasteiger partial charge in [0.05, 0.1) is 11.4 Å². The Hall–Kier alpha value is -1.03. The number of anilines is 2. The van der Waals surface area contributed by atoms with E-state index in [0.717, 1.165) is 29.3 Å². The van der Waals surface area contributed by atoms with Gasteiger partial charge in [0.1, 0.15) is 0 Å². The van der Waals surface area contributed by atoms with E-state index >= 15 is 0 Å². The van der Waals surface area contributed by atoms with Crippen LogP contribution in [0.25, 0.3) is 0 Å². The molecule has 0 heterocycles. The maximum Gasteiger partial charge on any atom is 0.228 e. The predicted molar refractivity (Wildman–Crippen MR) is 83.0 cm³/mol. The standard InChI is InChI=1S/C15H21BrN2O/c1-9-7-11(16)13(12(17)8-9)18-14(19)10-5-4-6-15(10,2)3/h7-8,10H,4-6,17H2,1-3H3,(H,18,19). The third kappa shape index (κ3) is 2.94. The summed E-state index contributed by atoms with van der Waals surface area (Å²) in [6, 6.07) is 3.84. The summed E-state index contributed by atoms with van der Waals surface area (Å²) in [5.74, 6) is 0.152. The molecule has 1 fully saturated rings. The molecular weight excluding hydrogens is 304 g/mol. The summed E-state index contributed by atoms with van der Waals surface area (Å²) >= 11 is 3.47. The third-order valence-electron chi connectivity index (χ3n) is 4.09. The van der Waals surface area contributed by atoms with Gasteiger partial charge < -0.3 is 11.1 Å². The lowest BCUT2D eigenvalue weighted by atomic mass is 9.81. The minimum Gasteiger partial charge on any atom is -0.397 e. The molecule has 0 aliphatic heterocycles. The number of carbonyl (C=O) groups excluding carboxylic acids is 1. The summed E-state index contributed by atoms with van der Waals surface area (Å²) in [7, 11) is 0. The highest BCUT2D eigenvalue weighted by molar-refractivity contribution is 9.10. The minimum atomic E-state index is 0.0695. The van der Waals surface area contributed by atoms with Gasteiger partial charge >= 0.3 is 0 Å². The van der Waals surface area contributed by atoms with E-state index in [-0.39, 0.29) is 17.2 Å². The van der Waals surface area contributed by atoms with Crippen molar-refractivity contribution in [3.63, 3.8) is 0 Å². The highest BCUT2D eigenvalue weighted by Crippen LogP contribution is 2.43. The summed E-state index contributed by atoms with van der Waals surface area (Å²) in [6.07, 6.45) is 3.19. The lowest BCUT2D eigenvalue weighted by molar-refractivity contribution is -0.122. The maximum atomic E-state index is 12.4. The Balaban J connectivity index is 2.20. The zero-order chi connectivity index (χ0) is 14.2. The molecule has 3 N–H and O–H groups in total. The normalized spacial score (nSPS) is 21.4. The van der Waals surface area contributed by atoms with Crippen LogP contribution in [0.4, 0.5) is 11.4 Å². The zero-order valence-electron chi connectivity index (χ0n) is 11.7. The number of benzene rings is 1. The summed E-state index contributed by atoms with van der Waals surface area (Å²) in [5, 5.41) is 2.99. The SMILES string of the molecule is Cc1cc(N)c(NC(=O)C2CCCC2(C)C)c(Br)c1. The van der Waals surface area contributed by atoms with Crippen LogP contribution in [-0.4, -0.2) is 5.91 Å². The number of carbonyl (C=O) groups is 1. The van der Waals surface area contributed by atoms with Crippen LogP contribution in [-0.2, 0) is 4.79 Å². The molecule has 0 bridgehead atoms. The molecular formula is C15H21BrN2O. The summed E-state index contributed by atoms with van der Waals surface area (Å²) < 4.78 is 0.842. The number of halogens is 1. The van der Waals surface area contributed by atoms with Crippen LogP contribution in [0.3, 0.4) is 0 Å². The number of hydrogen-bond donors (Lipinski definition) is 2. The van der Waals surface area contributed by atoms with E-state index in [9.17, 15) is 4.79 Å². The molecule has 0 radical (unpaired) electrons. The second-order valence-electron chi connectivity index (χ2n) is 6.13. The molecule has 0 aromatic heterocycles. The Morgan fingerprint density at radius 1 is 1.47 bits per heavy atom. The van der Waals surface area contributed by atoms with Crippen molar-refractivity contribution in [2.45, 2.75) is 40.0 Å². The molecule has 1 aromatic rings. The van der Waals surface area contributed by atoms with Crippen molar-refractivity contribution in [2.24, 2.45) is 11.3 Å². The molecule has 3 nitrogen and oxygen atoms in total. The topological polar surface area (TPSA) is 55.1 Å². The van der Waals surface area contributed by atoms with Gasteiger partial charge in [-0.1, -0.05) is 20.3 Å². The molecule has 4 heteroatoms. The van der Waals surface area contributed by atoms with Crippen molar-refractivity contribution in [3.8, 4) is 0 Å². The van der Waals surface area contributed by atoms with Gasteiger partial charge in [-0.2, -0.15) is 0 Å². The van der Waals surface area contributed by atoms with Crippen LogP contribution in [0.5, 0.6) is 0 Å². The largest absolute Gasteiger partial charge is 0.397 e. The summed E-state index contributed by atoms with van der Waals surface area (Å²) in [6.45, 7) is 6.31. The van der Waals surface area contributed by atoms with Gasteiger partial charge in [-0.25, -0.2) is 0 Å². The van der Waals surface area contributed by atoms with Gasteiger partial charge in [0, 0.05) is 10.4 Å². The molecule has 104 valence electrons. The number of hydrogen-bond acceptors (Lipinski definition) is 2. The van der Waals surface area contributed by atoms with Crippen LogP contribution in [0.2, 0.25) is 0 Å². The average Bonchev–Trinajstić information content (AvgIpc) is 2.63. The molecule has 1 aliphatic carbocycles. The predicted octanol–water partition coefficient (Wildman–Crippen LogP) is 4.10. The maximum absolute atomic E-state index is 12.4. The van der Waals surface area contributed by atoms with E-state index in [0.29, 0.717) is 11.4 Å². The lowest BCUT2D eigenvalue weighted by Crippen LogP contribution is -2.31. The number of nitrogen functional groups attached to an aromatic ring is 1. The van der Waals surface area contributed by atoms with Crippen LogP contribution >= 0.6 is 15.9 Å². The first-order valence-corrected chi connectivity index (χ1v) is 7.47. The molecule has 1 atom stereocenters. The van der Waals surface area contributed by atoms with E-state index in [2.05, 4.69) is 35.1 Å². The molecule has 2 rings (SSSR count). The van der Waals surface area contributed by atoms with Crippen molar-refractivity contribution >= 4 is 33.2 Å². The van der Waals surface area contributed by atoms with E-state index in [4.69, 9.17) is 5.73 Å². The monoisotopic (exact) mass is 324 g/mol. The molecule has 1 saturated carbocycles. The van der Waals surface area contributed by atoms with E-state index < -0.39 is 0 Å². The Labute approximate surface area is 123 Å². The van der Waals surface area contributed by atoms with Crippen molar-refractivity contribution in [1.82, 2.24) is 0 Å². The van der Waals surface area contributed by atoms with E-state index in [1.54, 1.807) is 0 Å². The Bertz CT molecular complexity index is 488. The van der Waals surface area contributed by atoms with Crippen LogP contribution in [0, 0.1) is 18.3 Å². The van der Waals surface area contributed by atoms with E-state index in [1.165, 1.54) is 0 Å². The summed E-state index contributed by atoms with van der Waals surface area (Å²) in [5.41, 5.74) is 8.44. The molecule has 1 aliphatic rings. The molecule has 19 heavy (non-hydrogen) atoms. The van der Waals surface area contributed by atoms with Gasteiger partial charge in [0.2, 0.25) is 5.91 Å². The second kappa shape index (κ2) is 5.16. The molecule has 0 spiro atoms. The number of aryl methyl sites for hydroxylation is 1. The molecule has 0 saturated heterocycles. The fourth-order valence-electron chi connectivity index (χ4n) is 2.92. The fraction of sp³-hybridized carbons (Fsp3) is 0.533. The van der Waals surface area contributed by atoms with Crippen molar-refractivity contribution in [3.05, 3.63) is 22.2 Å². The minimum absolute atomic E-state index is 0.0695. The Morgan fingerprint density at radius 2 is 2.16 bits per heavy atom. The molecule has 1 aromatic carbocycles.